The maximum absolute atomic E-state index is 14.0. The van der Waals surface area contributed by atoms with Gasteiger partial charge in [-0.25, -0.2) is 9.18 Å². The van der Waals surface area contributed by atoms with Crippen molar-refractivity contribution in [1.29, 1.82) is 0 Å². The van der Waals surface area contributed by atoms with E-state index < -0.39 is 11.8 Å². The molecule has 0 spiro atoms. The molecule has 0 aliphatic heterocycles. The van der Waals surface area contributed by atoms with Crippen molar-refractivity contribution in [3.8, 4) is 16.9 Å². The van der Waals surface area contributed by atoms with Crippen LogP contribution in [0.25, 0.3) is 11.1 Å². The normalized spacial score (nSPS) is 10.4. The number of carbonyl (C=O) groups is 1. The third-order valence-electron chi connectivity index (χ3n) is 3.25. The molecule has 20 heavy (non-hydrogen) atoms. The van der Waals surface area contributed by atoms with Gasteiger partial charge in [0.25, 0.3) is 0 Å². The number of aromatic carboxylic acids is 1. The van der Waals surface area contributed by atoms with Gasteiger partial charge < -0.3 is 9.84 Å². The fraction of sp³-hybridized carbons (Fsp3) is 0.188. The number of aryl methyl sites for hydroxylation is 2. The number of halogens is 1. The van der Waals surface area contributed by atoms with Crippen LogP contribution in [-0.4, -0.2) is 18.2 Å². The number of benzene rings is 2. The molecule has 0 saturated heterocycles. The van der Waals surface area contributed by atoms with E-state index in [-0.39, 0.29) is 11.1 Å². The summed E-state index contributed by atoms with van der Waals surface area (Å²) in [6.07, 6.45) is 0. The number of carboxylic acids is 1. The summed E-state index contributed by atoms with van der Waals surface area (Å²) in [5, 5.41) is 9.01. The van der Waals surface area contributed by atoms with E-state index in [0.29, 0.717) is 5.56 Å². The molecule has 0 aliphatic carbocycles. The van der Waals surface area contributed by atoms with Gasteiger partial charge in [0.15, 0.2) is 0 Å². The quantitative estimate of drug-likeness (QED) is 0.925. The zero-order valence-corrected chi connectivity index (χ0v) is 11.5. The molecular weight excluding hydrogens is 259 g/mol. The predicted molar refractivity (Wildman–Crippen MR) is 74.8 cm³/mol. The molecule has 0 bridgehead atoms. The van der Waals surface area contributed by atoms with Crippen LogP contribution >= 0.6 is 0 Å². The summed E-state index contributed by atoms with van der Waals surface area (Å²) in [5.41, 5.74) is 2.72. The summed E-state index contributed by atoms with van der Waals surface area (Å²) in [6.45, 7) is 3.70. The van der Waals surface area contributed by atoms with Crippen LogP contribution in [0.15, 0.2) is 30.3 Å². The van der Waals surface area contributed by atoms with Gasteiger partial charge in [0, 0.05) is 5.56 Å². The topological polar surface area (TPSA) is 46.5 Å². The molecule has 0 aliphatic rings. The molecule has 0 radical (unpaired) electrons. The molecule has 0 heterocycles. The van der Waals surface area contributed by atoms with Gasteiger partial charge in [0.1, 0.15) is 11.6 Å². The summed E-state index contributed by atoms with van der Waals surface area (Å²) in [5.74, 6) is -0.794. The Labute approximate surface area is 116 Å². The van der Waals surface area contributed by atoms with Crippen LogP contribution in [0.4, 0.5) is 4.39 Å². The molecule has 0 atom stereocenters. The maximum Gasteiger partial charge on any atom is 0.335 e. The van der Waals surface area contributed by atoms with E-state index in [1.165, 1.54) is 18.2 Å². The highest BCUT2D eigenvalue weighted by Gasteiger charge is 2.13. The van der Waals surface area contributed by atoms with Crippen molar-refractivity contribution in [3.05, 3.63) is 52.8 Å². The van der Waals surface area contributed by atoms with Crippen molar-refractivity contribution < 1.29 is 19.0 Å². The number of ether oxygens (including phenoxy) is 1. The monoisotopic (exact) mass is 274 g/mol. The molecular formula is C16H15FO3. The lowest BCUT2D eigenvalue weighted by molar-refractivity contribution is 0.0697. The van der Waals surface area contributed by atoms with Gasteiger partial charge in [-0.15, -0.1) is 0 Å². The first-order valence-electron chi connectivity index (χ1n) is 6.12. The van der Waals surface area contributed by atoms with Crippen LogP contribution in [0.5, 0.6) is 5.75 Å². The summed E-state index contributed by atoms with van der Waals surface area (Å²) in [4.78, 5) is 11.0. The lowest BCUT2D eigenvalue weighted by Gasteiger charge is -2.12. The van der Waals surface area contributed by atoms with E-state index >= 15 is 0 Å². The first kappa shape index (κ1) is 14.1. The number of hydrogen-bond acceptors (Lipinski definition) is 2. The lowest BCUT2D eigenvalue weighted by atomic mass is 9.96. The SMILES string of the molecule is COc1cc(C)c(-c2cc(C(=O)O)ccc2F)cc1C. The van der Waals surface area contributed by atoms with E-state index in [0.717, 1.165) is 16.9 Å². The highest BCUT2D eigenvalue weighted by atomic mass is 19.1. The Morgan fingerprint density at radius 3 is 2.40 bits per heavy atom. The first-order valence-corrected chi connectivity index (χ1v) is 6.12. The molecule has 104 valence electrons. The number of rotatable bonds is 3. The minimum absolute atomic E-state index is 0.0641. The third kappa shape index (κ3) is 2.50. The van der Waals surface area contributed by atoms with Crippen molar-refractivity contribution in [2.75, 3.05) is 7.11 Å². The Bertz CT molecular complexity index is 678. The molecule has 0 aromatic heterocycles. The predicted octanol–water partition coefficient (Wildman–Crippen LogP) is 3.82. The zero-order chi connectivity index (χ0) is 14.9. The van der Waals surface area contributed by atoms with Crippen LogP contribution < -0.4 is 4.74 Å². The molecule has 0 fully saturated rings. The van der Waals surface area contributed by atoms with Gasteiger partial charge in [-0.3, -0.25) is 0 Å². The number of methoxy groups -OCH3 is 1. The Kier molecular flexibility index (Phi) is 3.74. The molecule has 2 rings (SSSR count). The average Bonchev–Trinajstić information content (AvgIpc) is 2.41. The second kappa shape index (κ2) is 5.33. The van der Waals surface area contributed by atoms with Gasteiger partial charge in [0.05, 0.1) is 12.7 Å². The summed E-state index contributed by atoms with van der Waals surface area (Å²) >= 11 is 0. The maximum atomic E-state index is 14.0. The number of hydrogen-bond donors (Lipinski definition) is 1. The Morgan fingerprint density at radius 2 is 1.80 bits per heavy atom. The van der Waals surface area contributed by atoms with Gasteiger partial charge in [-0.1, -0.05) is 0 Å². The van der Waals surface area contributed by atoms with Gasteiger partial charge in [-0.05, 0) is 60.9 Å². The second-order valence-electron chi connectivity index (χ2n) is 4.64. The van der Waals surface area contributed by atoms with E-state index in [9.17, 15) is 9.18 Å². The lowest BCUT2D eigenvalue weighted by Crippen LogP contribution is -1.99. The molecule has 0 amide bonds. The van der Waals surface area contributed by atoms with E-state index in [2.05, 4.69) is 0 Å². The second-order valence-corrected chi connectivity index (χ2v) is 4.64. The highest BCUT2D eigenvalue weighted by Crippen LogP contribution is 2.32. The van der Waals surface area contributed by atoms with Crippen molar-refractivity contribution in [2.45, 2.75) is 13.8 Å². The van der Waals surface area contributed by atoms with E-state index in [1.807, 2.05) is 19.9 Å². The van der Waals surface area contributed by atoms with Crippen molar-refractivity contribution in [2.24, 2.45) is 0 Å². The highest BCUT2D eigenvalue weighted by molar-refractivity contribution is 5.89. The van der Waals surface area contributed by atoms with Gasteiger partial charge in [-0.2, -0.15) is 0 Å². The third-order valence-corrected chi connectivity index (χ3v) is 3.25. The molecule has 2 aromatic carbocycles. The average molecular weight is 274 g/mol. The van der Waals surface area contributed by atoms with Gasteiger partial charge >= 0.3 is 5.97 Å². The fourth-order valence-corrected chi connectivity index (χ4v) is 2.16. The van der Waals surface area contributed by atoms with Gasteiger partial charge in [0.2, 0.25) is 0 Å². The van der Waals surface area contributed by atoms with Crippen LogP contribution in [-0.2, 0) is 0 Å². The minimum atomic E-state index is -1.07. The van der Waals surface area contributed by atoms with Crippen molar-refractivity contribution in [1.82, 2.24) is 0 Å². The summed E-state index contributed by atoms with van der Waals surface area (Å²) < 4.78 is 19.2. The standard InChI is InChI=1S/C16H15FO3/c1-9-7-15(20-3)10(2)6-12(9)13-8-11(16(18)19)4-5-14(13)17/h4-8H,1-3H3,(H,18,19). The van der Waals surface area contributed by atoms with Crippen molar-refractivity contribution >= 4 is 5.97 Å². The smallest absolute Gasteiger partial charge is 0.335 e. The molecule has 4 heteroatoms. The fourth-order valence-electron chi connectivity index (χ4n) is 2.16. The van der Waals surface area contributed by atoms with E-state index in [1.54, 1.807) is 13.2 Å². The Morgan fingerprint density at radius 1 is 1.10 bits per heavy atom. The first-order chi connectivity index (χ1) is 9.43. The zero-order valence-electron chi connectivity index (χ0n) is 11.5. The summed E-state index contributed by atoms with van der Waals surface area (Å²) in [6, 6.07) is 7.41. The van der Waals surface area contributed by atoms with Crippen LogP contribution in [0.2, 0.25) is 0 Å². The molecule has 0 saturated carbocycles. The van der Waals surface area contributed by atoms with Crippen molar-refractivity contribution in [3.63, 3.8) is 0 Å². The molecule has 3 nitrogen and oxygen atoms in total. The summed E-state index contributed by atoms with van der Waals surface area (Å²) in [7, 11) is 1.58. The van der Waals surface area contributed by atoms with Crippen LogP contribution in [0.1, 0.15) is 21.5 Å². The molecule has 2 aromatic rings. The molecule has 0 unspecified atom stereocenters. The minimum Gasteiger partial charge on any atom is -0.496 e. The van der Waals surface area contributed by atoms with Crippen LogP contribution in [0.3, 0.4) is 0 Å². The Balaban J connectivity index is 2.65. The molecule has 1 N–H and O–H groups in total. The van der Waals surface area contributed by atoms with Crippen LogP contribution in [0, 0.1) is 19.7 Å². The largest absolute Gasteiger partial charge is 0.496 e. The Hall–Kier alpha value is -2.36. The number of carboxylic acid groups (broad SMARTS) is 1. The van der Waals surface area contributed by atoms with E-state index in [4.69, 9.17) is 9.84 Å².